The molecule has 3 nitrogen and oxygen atoms in total. The third-order valence-corrected chi connectivity index (χ3v) is 4.26. The highest BCUT2D eigenvalue weighted by Gasteiger charge is 2.31. The standard InChI is InChI=1S/C13H18ClN3S/c1-4-18-11-6-5-9-16(2)13(11)10-7-8-12(14)15-17(10)3/h5-10,13H,4H2,1-3H3. The molecule has 5 heteroatoms. The molecule has 2 rings (SSSR count). The molecule has 0 saturated carbocycles. The molecular formula is C13H18ClN3S. The number of allylic oxidation sites excluding steroid dienone is 3. The molecule has 2 aliphatic heterocycles. The lowest BCUT2D eigenvalue weighted by Crippen LogP contribution is -2.47. The second kappa shape index (κ2) is 5.85. The summed E-state index contributed by atoms with van der Waals surface area (Å²) in [5.74, 6) is 1.08. The maximum atomic E-state index is 5.92. The van der Waals surface area contributed by atoms with E-state index in [4.69, 9.17) is 11.6 Å². The summed E-state index contributed by atoms with van der Waals surface area (Å²) in [7, 11) is 4.07. The quantitative estimate of drug-likeness (QED) is 0.794. The zero-order chi connectivity index (χ0) is 13.1. The highest BCUT2D eigenvalue weighted by atomic mass is 35.5. The van der Waals surface area contributed by atoms with E-state index in [1.165, 1.54) is 4.91 Å². The van der Waals surface area contributed by atoms with Gasteiger partial charge in [-0.1, -0.05) is 24.6 Å². The first-order chi connectivity index (χ1) is 8.63. The van der Waals surface area contributed by atoms with Crippen LogP contribution in [0.2, 0.25) is 0 Å². The molecule has 0 fully saturated rings. The number of hydrogen-bond donors (Lipinski definition) is 0. The van der Waals surface area contributed by atoms with E-state index in [9.17, 15) is 0 Å². The van der Waals surface area contributed by atoms with Gasteiger partial charge in [0.2, 0.25) is 0 Å². The van der Waals surface area contributed by atoms with Gasteiger partial charge >= 0.3 is 0 Å². The second-order valence-corrected chi connectivity index (χ2v) is 6.02. The van der Waals surface area contributed by atoms with E-state index in [1.807, 2.05) is 29.9 Å². The molecule has 0 aromatic carbocycles. The Morgan fingerprint density at radius 1 is 1.44 bits per heavy atom. The monoisotopic (exact) mass is 283 g/mol. The molecule has 0 aromatic rings. The lowest BCUT2D eigenvalue weighted by molar-refractivity contribution is 0.202. The van der Waals surface area contributed by atoms with Gasteiger partial charge in [-0.25, -0.2) is 0 Å². The molecule has 18 heavy (non-hydrogen) atoms. The van der Waals surface area contributed by atoms with Crippen molar-refractivity contribution in [1.29, 1.82) is 0 Å². The molecule has 98 valence electrons. The van der Waals surface area contributed by atoms with Gasteiger partial charge in [-0.15, -0.1) is 11.8 Å². The molecule has 0 spiro atoms. The van der Waals surface area contributed by atoms with Gasteiger partial charge in [0, 0.05) is 19.0 Å². The minimum atomic E-state index is 0.216. The molecule has 0 N–H and O–H groups in total. The van der Waals surface area contributed by atoms with E-state index in [1.54, 1.807) is 0 Å². The van der Waals surface area contributed by atoms with E-state index in [2.05, 4.69) is 48.4 Å². The smallest absolute Gasteiger partial charge is 0.148 e. The number of halogens is 1. The summed E-state index contributed by atoms with van der Waals surface area (Å²) in [5, 5.41) is 6.79. The van der Waals surface area contributed by atoms with Gasteiger partial charge in [0.05, 0.1) is 12.1 Å². The van der Waals surface area contributed by atoms with Crippen molar-refractivity contribution >= 4 is 28.5 Å². The fourth-order valence-electron chi connectivity index (χ4n) is 2.24. The fourth-order valence-corrected chi connectivity index (χ4v) is 3.41. The minimum Gasteiger partial charge on any atom is -0.370 e. The van der Waals surface area contributed by atoms with E-state index in [-0.39, 0.29) is 6.04 Å². The summed E-state index contributed by atoms with van der Waals surface area (Å²) < 4.78 is 0. The largest absolute Gasteiger partial charge is 0.370 e. The molecule has 0 amide bonds. The third kappa shape index (κ3) is 2.75. The van der Waals surface area contributed by atoms with Crippen LogP contribution in [0.4, 0.5) is 0 Å². The molecule has 2 atom stereocenters. The average Bonchev–Trinajstić information content (AvgIpc) is 2.31. The van der Waals surface area contributed by atoms with Crippen LogP contribution >= 0.6 is 23.4 Å². The van der Waals surface area contributed by atoms with Crippen LogP contribution in [0.25, 0.3) is 0 Å². The van der Waals surface area contributed by atoms with Crippen molar-refractivity contribution in [3.8, 4) is 0 Å². The van der Waals surface area contributed by atoms with Crippen LogP contribution in [-0.4, -0.2) is 47.0 Å². The number of likely N-dealkylation sites (N-methyl/N-ethyl adjacent to an activating group) is 2. The zero-order valence-electron chi connectivity index (χ0n) is 10.9. The van der Waals surface area contributed by atoms with Gasteiger partial charge in [-0.05, 0) is 30.2 Å². The molecule has 0 radical (unpaired) electrons. The summed E-state index contributed by atoms with van der Waals surface area (Å²) in [5.41, 5.74) is 0. The van der Waals surface area contributed by atoms with Crippen LogP contribution in [-0.2, 0) is 0 Å². The van der Waals surface area contributed by atoms with Crippen LogP contribution in [0.15, 0.2) is 40.5 Å². The average molecular weight is 284 g/mol. The normalized spacial score (nSPS) is 27.3. The Labute approximate surface area is 118 Å². The summed E-state index contributed by atoms with van der Waals surface area (Å²) in [6, 6.07) is 0.516. The van der Waals surface area contributed by atoms with Gasteiger partial charge in [-0.3, -0.25) is 5.01 Å². The highest BCUT2D eigenvalue weighted by Crippen LogP contribution is 2.31. The Kier molecular flexibility index (Phi) is 4.40. The van der Waals surface area contributed by atoms with Crippen molar-refractivity contribution in [3.05, 3.63) is 35.4 Å². The maximum absolute atomic E-state index is 5.92. The van der Waals surface area contributed by atoms with Crippen molar-refractivity contribution in [2.24, 2.45) is 5.10 Å². The predicted octanol–water partition coefficient (Wildman–Crippen LogP) is 2.87. The first kappa shape index (κ1) is 13.6. The Hall–Kier alpha value is -0.870. The van der Waals surface area contributed by atoms with Crippen molar-refractivity contribution in [2.75, 3.05) is 19.8 Å². The number of hydrazone groups is 1. The maximum Gasteiger partial charge on any atom is 0.148 e. The minimum absolute atomic E-state index is 0.216. The van der Waals surface area contributed by atoms with Crippen molar-refractivity contribution < 1.29 is 0 Å². The number of thioether (sulfide) groups is 1. The molecule has 0 aliphatic carbocycles. The Bertz CT molecular complexity index is 428. The lowest BCUT2D eigenvalue weighted by Gasteiger charge is -2.40. The summed E-state index contributed by atoms with van der Waals surface area (Å²) in [6.07, 6.45) is 10.4. The predicted molar refractivity (Wildman–Crippen MR) is 80.9 cm³/mol. The van der Waals surface area contributed by atoms with Crippen LogP contribution in [0.3, 0.4) is 0 Å². The van der Waals surface area contributed by atoms with Crippen molar-refractivity contribution in [3.63, 3.8) is 0 Å². The Morgan fingerprint density at radius 3 is 2.89 bits per heavy atom. The van der Waals surface area contributed by atoms with Gasteiger partial charge in [0.25, 0.3) is 0 Å². The summed E-state index contributed by atoms with van der Waals surface area (Å²) >= 11 is 7.81. The summed E-state index contributed by atoms with van der Waals surface area (Å²) in [4.78, 5) is 3.61. The van der Waals surface area contributed by atoms with Crippen LogP contribution in [0.1, 0.15) is 6.92 Å². The van der Waals surface area contributed by atoms with Gasteiger partial charge in [0.15, 0.2) is 0 Å². The fraction of sp³-hybridized carbons (Fsp3) is 0.462. The number of rotatable bonds is 3. The van der Waals surface area contributed by atoms with Crippen LogP contribution in [0, 0.1) is 0 Å². The molecule has 0 saturated heterocycles. The van der Waals surface area contributed by atoms with Crippen LogP contribution in [0.5, 0.6) is 0 Å². The number of nitrogens with zero attached hydrogens (tertiary/aromatic N) is 3. The van der Waals surface area contributed by atoms with E-state index in [0.717, 1.165) is 5.75 Å². The van der Waals surface area contributed by atoms with Crippen LogP contribution < -0.4 is 0 Å². The molecular weight excluding hydrogens is 266 g/mol. The summed E-state index contributed by atoms with van der Waals surface area (Å²) in [6.45, 7) is 2.18. The Balaban J connectivity index is 2.23. The molecule has 2 aliphatic rings. The van der Waals surface area contributed by atoms with Gasteiger partial charge < -0.3 is 4.90 Å². The molecule has 2 heterocycles. The second-order valence-electron chi connectivity index (χ2n) is 4.30. The number of hydrogen-bond acceptors (Lipinski definition) is 4. The first-order valence-electron chi connectivity index (χ1n) is 6.01. The Morgan fingerprint density at radius 2 is 2.22 bits per heavy atom. The van der Waals surface area contributed by atoms with Gasteiger partial charge in [-0.2, -0.15) is 5.10 Å². The topological polar surface area (TPSA) is 18.8 Å². The lowest BCUT2D eigenvalue weighted by atomic mass is 10.0. The molecule has 0 aromatic heterocycles. The van der Waals surface area contributed by atoms with Crippen molar-refractivity contribution in [2.45, 2.75) is 19.0 Å². The first-order valence-corrected chi connectivity index (χ1v) is 7.38. The third-order valence-electron chi connectivity index (χ3n) is 3.06. The highest BCUT2D eigenvalue weighted by molar-refractivity contribution is 8.03. The van der Waals surface area contributed by atoms with Gasteiger partial charge in [0.1, 0.15) is 5.17 Å². The molecule has 0 bridgehead atoms. The van der Waals surface area contributed by atoms with Crippen molar-refractivity contribution in [1.82, 2.24) is 9.91 Å². The van der Waals surface area contributed by atoms with E-state index in [0.29, 0.717) is 11.2 Å². The van der Waals surface area contributed by atoms with E-state index >= 15 is 0 Å². The molecule has 2 unspecified atom stereocenters. The van der Waals surface area contributed by atoms with E-state index < -0.39 is 0 Å². The SMILES string of the molecule is CCSC1=CC=CN(C)C1C1C=CC(Cl)=NN1C. The zero-order valence-corrected chi connectivity index (χ0v) is 12.4.